The molecule has 0 spiro atoms. The van der Waals surface area contributed by atoms with Gasteiger partial charge in [0.25, 0.3) is 0 Å². The van der Waals surface area contributed by atoms with E-state index in [0.717, 1.165) is 24.0 Å². The van der Waals surface area contributed by atoms with E-state index in [-0.39, 0.29) is 12.4 Å². The van der Waals surface area contributed by atoms with Crippen molar-refractivity contribution in [3.63, 3.8) is 0 Å². The third-order valence-corrected chi connectivity index (χ3v) is 4.73. The molecular weight excluding hydrogens is 314 g/mol. The van der Waals surface area contributed by atoms with E-state index in [1.165, 1.54) is 0 Å². The summed E-state index contributed by atoms with van der Waals surface area (Å²) in [5.41, 5.74) is 0.592. The first-order valence-electron chi connectivity index (χ1n) is 8.98. The minimum Gasteiger partial charge on any atom is -0.464 e. The molecule has 0 fully saturated rings. The van der Waals surface area contributed by atoms with Crippen molar-refractivity contribution >= 4 is 11.8 Å². The van der Waals surface area contributed by atoms with E-state index in [4.69, 9.17) is 4.74 Å². The molecule has 1 aromatic carbocycles. The zero-order valence-electron chi connectivity index (χ0n) is 15.2. The average Bonchev–Trinajstić information content (AvgIpc) is 2.86. The number of allylic oxidation sites excluding steroid dienone is 2. The predicted molar refractivity (Wildman–Crippen MR) is 95.7 cm³/mol. The highest BCUT2D eigenvalue weighted by Crippen LogP contribution is 2.53. The quantitative estimate of drug-likeness (QED) is 0.548. The van der Waals surface area contributed by atoms with Crippen LogP contribution in [0.25, 0.3) is 0 Å². The fourth-order valence-electron chi connectivity index (χ4n) is 3.75. The molecular formula is C21H25NO3. The van der Waals surface area contributed by atoms with E-state index in [1.807, 2.05) is 44.2 Å². The lowest BCUT2D eigenvalue weighted by atomic mass is 9.71. The number of nitriles is 1. The highest BCUT2D eigenvalue weighted by Gasteiger charge is 2.61. The number of esters is 1. The summed E-state index contributed by atoms with van der Waals surface area (Å²) in [5.74, 6) is -1.66. The number of rotatable bonds is 7. The number of ketones is 1. The van der Waals surface area contributed by atoms with Crippen molar-refractivity contribution in [2.75, 3.05) is 6.61 Å². The minimum atomic E-state index is -1.80. The van der Waals surface area contributed by atoms with Crippen molar-refractivity contribution in [3.8, 4) is 6.07 Å². The first kappa shape index (κ1) is 18.9. The maximum atomic E-state index is 13.3. The van der Waals surface area contributed by atoms with Gasteiger partial charge in [-0.15, -0.1) is 0 Å². The van der Waals surface area contributed by atoms with Gasteiger partial charge in [0.1, 0.15) is 0 Å². The maximum Gasteiger partial charge on any atom is 0.335 e. The molecule has 0 aliphatic heterocycles. The molecule has 0 saturated heterocycles. The Morgan fingerprint density at radius 3 is 2.32 bits per heavy atom. The molecule has 0 aromatic heterocycles. The van der Waals surface area contributed by atoms with E-state index in [2.05, 4.69) is 6.07 Å². The van der Waals surface area contributed by atoms with Gasteiger partial charge < -0.3 is 4.74 Å². The second-order valence-electron chi connectivity index (χ2n) is 6.32. The summed E-state index contributed by atoms with van der Waals surface area (Å²) in [6.45, 7) is 5.87. The number of carbonyl (C=O) groups is 2. The zero-order valence-corrected chi connectivity index (χ0v) is 15.2. The third-order valence-electron chi connectivity index (χ3n) is 4.73. The van der Waals surface area contributed by atoms with Crippen LogP contribution in [0.4, 0.5) is 0 Å². The van der Waals surface area contributed by atoms with Crippen molar-refractivity contribution in [2.45, 2.75) is 52.4 Å². The summed E-state index contributed by atoms with van der Waals surface area (Å²) in [6.07, 6.45) is 2.92. The Morgan fingerprint density at radius 2 is 1.80 bits per heavy atom. The topological polar surface area (TPSA) is 67.2 Å². The van der Waals surface area contributed by atoms with Gasteiger partial charge in [-0.05, 0) is 30.9 Å². The standard InChI is InChI=1S/C21H25NO3/c1-4-10-16-17(11-5-2)19(23)21(14-22,20(24)25-6-3)18(16)15-12-8-7-9-13-15/h7-9,12-13,18H,4-6,10-11H2,1-3H3. The van der Waals surface area contributed by atoms with E-state index >= 15 is 0 Å². The molecule has 2 rings (SSSR count). The van der Waals surface area contributed by atoms with Crippen LogP contribution >= 0.6 is 0 Å². The van der Waals surface area contributed by atoms with Gasteiger partial charge in [0, 0.05) is 5.92 Å². The Bertz CT molecular complexity index is 714. The Hall–Kier alpha value is -2.41. The van der Waals surface area contributed by atoms with Crippen molar-refractivity contribution in [2.24, 2.45) is 5.41 Å². The molecule has 1 aromatic rings. The fraction of sp³-hybridized carbons (Fsp3) is 0.476. The van der Waals surface area contributed by atoms with Gasteiger partial charge >= 0.3 is 5.97 Å². The molecule has 4 heteroatoms. The monoisotopic (exact) mass is 339 g/mol. The summed E-state index contributed by atoms with van der Waals surface area (Å²) < 4.78 is 5.19. The lowest BCUT2D eigenvalue weighted by Gasteiger charge is -2.27. The van der Waals surface area contributed by atoms with Crippen LogP contribution in [0, 0.1) is 16.7 Å². The van der Waals surface area contributed by atoms with Gasteiger partial charge in [-0.25, -0.2) is 4.79 Å². The number of carbonyl (C=O) groups excluding carboxylic acids is 2. The van der Waals surface area contributed by atoms with Crippen molar-refractivity contribution in [1.29, 1.82) is 5.26 Å². The normalized spacial score (nSPS) is 22.8. The molecule has 0 radical (unpaired) electrons. The summed E-state index contributed by atoms with van der Waals surface area (Å²) >= 11 is 0. The average molecular weight is 339 g/mol. The van der Waals surface area contributed by atoms with Crippen molar-refractivity contribution in [3.05, 3.63) is 47.0 Å². The van der Waals surface area contributed by atoms with E-state index in [1.54, 1.807) is 6.92 Å². The highest BCUT2D eigenvalue weighted by molar-refractivity contribution is 6.18. The van der Waals surface area contributed by atoms with Gasteiger partial charge in [0.2, 0.25) is 5.41 Å². The maximum absolute atomic E-state index is 13.3. The van der Waals surface area contributed by atoms with E-state index < -0.39 is 17.3 Å². The molecule has 0 saturated carbocycles. The van der Waals surface area contributed by atoms with Crippen LogP contribution in [0.1, 0.15) is 57.9 Å². The second kappa shape index (κ2) is 8.11. The van der Waals surface area contributed by atoms with Gasteiger partial charge in [-0.3, -0.25) is 4.79 Å². The molecule has 0 N–H and O–H groups in total. The highest BCUT2D eigenvalue weighted by atomic mass is 16.5. The van der Waals surface area contributed by atoms with Crippen molar-refractivity contribution in [1.82, 2.24) is 0 Å². The number of hydrogen-bond donors (Lipinski definition) is 0. The molecule has 1 aliphatic carbocycles. The molecule has 0 heterocycles. The van der Waals surface area contributed by atoms with Gasteiger partial charge in [0.15, 0.2) is 5.78 Å². The number of benzene rings is 1. The molecule has 4 nitrogen and oxygen atoms in total. The molecule has 25 heavy (non-hydrogen) atoms. The molecule has 0 bridgehead atoms. The largest absolute Gasteiger partial charge is 0.464 e. The van der Waals surface area contributed by atoms with Crippen LogP contribution in [0.3, 0.4) is 0 Å². The van der Waals surface area contributed by atoms with Gasteiger partial charge in [-0.2, -0.15) is 5.26 Å². The van der Waals surface area contributed by atoms with Crippen LogP contribution in [0.5, 0.6) is 0 Å². The van der Waals surface area contributed by atoms with Crippen molar-refractivity contribution < 1.29 is 14.3 Å². The third kappa shape index (κ3) is 3.11. The minimum absolute atomic E-state index is 0.142. The summed E-state index contributed by atoms with van der Waals surface area (Å²) in [6, 6.07) is 11.5. The molecule has 2 atom stereocenters. The smallest absolute Gasteiger partial charge is 0.335 e. The predicted octanol–water partition coefficient (Wildman–Crippen LogP) is 4.32. The Morgan fingerprint density at radius 1 is 1.16 bits per heavy atom. The number of ether oxygens (including phenoxy) is 1. The summed E-state index contributed by atoms with van der Waals surface area (Å²) in [4.78, 5) is 26.1. The van der Waals surface area contributed by atoms with Crippen LogP contribution in [-0.2, 0) is 14.3 Å². The molecule has 0 amide bonds. The molecule has 132 valence electrons. The van der Waals surface area contributed by atoms with Crippen LogP contribution in [0.15, 0.2) is 41.5 Å². The number of Topliss-reactive ketones (excluding diaryl/α,β-unsaturated/α-hetero) is 1. The SMILES string of the molecule is CCCC1=C(CCC)C(c2ccccc2)C(C#N)(C(=O)OCC)C1=O. The zero-order chi connectivity index (χ0) is 18.4. The van der Waals surface area contributed by atoms with Crippen LogP contribution in [-0.4, -0.2) is 18.4 Å². The lowest BCUT2D eigenvalue weighted by Crippen LogP contribution is -2.41. The number of nitrogens with zero attached hydrogens (tertiary/aromatic N) is 1. The lowest BCUT2D eigenvalue weighted by molar-refractivity contribution is -0.155. The molecule has 1 aliphatic rings. The van der Waals surface area contributed by atoms with E-state index in [0.29, 0.717) is 18.4 Å². The van der Waals surface area contributed by atoms with Gasteiger partial charge in [0.05, 0.1) is 12.7 Å². The number of hydrogen-bond acceptors (Lipinski definition) is 4. The second-order valence-corrected chi connectivity index (χ2v) is 6.32. The summed E-state index contributed by atoms with van der Waals surface area (Å²) in [5, 5.41) is 9.99. The first-order chi connectivity index (χ1) is 12.1. The fourth-order valence-corrected chi connectivity index (χ4v) is 3.75. The molecule has 2 unspecified atom stereocenters. The Balaban J connectivity index is 2.72. The Kier molecular flexibility index (Phi) is 6.14. The van der Waals surface area contributed by atoms with Crippen LogP contribution in [0.2, 0.25) is 0 Å². The first-order valence-corrected chi connectivity index (χ1v) is 8.98. The van der Waals surface area contributed by atoms with E-state index in [9.17, 15) is 14.9 Å². The summed E-state index contributed by atoms with van der Waals surface area (Å²) in [7, 11) is 0. The Labute approximate surface area is 149 Å². The van der Waals surface area contributed by atoms with Crippen LogP contribution < -0.4 is 0 Å². The van der Waals surface area contributed by atoms with Gasteiger partial charge in [-0.1, -0.05) is 62.6 Å².